The fourth-order valence-corrected chi connectivity index (χ4v) is 8.69. The lowest BCUT2D eigenvalue weighted by Crippen LogP contribution is -2.54. The molecule has 3 N–H and O–H groups in total. The zero-order chi connectivity index (χ0) is 40.3. The van der Waals surface area contributed by atoms with E-state index in [0.717, 1.165) is 87.3 Å². The second-order valence-corrected chi connectivity index (χ2v) is 15.8. The summed E-state index contributed by atoms with van der Waals surface area (Å²) in [5.41, 5.74) is 2.61. The number of piperidine rings is 3. The van der Waals surface area contributed by atoms with Crippen LogP contribution in [0, 0.1) is 11.7 Å². The van der Waals surface area contributed by atoms with E-state index in [2.05, 4.69) is 35.7 Å². The number of nitrogens with zero attached hydrogens (tertiary/aromatic N) is 5. The third-order valence-corrected chi connectivity index (χ3v) is 11.8. The number of rotatable bonds is 13. The molecule has 4 aliphatic rings. The molecule has 0 saturated carbocycles. The van der Waals surface area contributed by atoms with E-state index in [1.807, 2.05) is 18.2 Å². The van der Waals surface area contributed by atoms with Gasteiger partial charge in [-0.15, -0.1) is 0 Å². The first-order valence-corrected chi connectivity index (χ1v) is 20.3. The van der Waals surface area contributed by atoms with Crippen molar-refractivity contribution in [2.75, 3.05) is 63.6 Å². The summed E-state index contributed by atoms with van der Waals surface area (Å²) in [6.45, 7) is 6.51. The van der Waals surface area contributed by atoms with Gasteiger partial charge in [0, 0.05) is 54.9 Å². The Balaban J connectivity index is 0.786. The molecule has 16 heteroatoms. The molecule has 0 radical (unpaired) electrons. The van der Waals surface area contributed by atoms with Gasteiger partial charge in [-0.3, -0.25) is 29.4 Å². The highest BCUT2D eigenvalue weighted by molar-refractivity contribution is 6.31. The Hall–Kier alpha value is -5.38. The van der Waals surface area contributed by atoms with Crippen LogP contribution in [0.4, 0.5) is 21.6 Å². The molecule has 5 heterocycles. The number of carbonyl (C=O) groups is 4. The smallest absolute Gasteiger partial charge is 0.262 e. The quantitative estimate of drug-likeness (QED) is 0.113. The maximum Gasteiger partial charge on any atom is 0.262 e. The molecule has 0 aliphatic carbocycles. The van der Waals surface area contributed by atoms with Gasteiger partial charge in [-0.2, -0.15) is 0 Å². The highest BCUT2D eigenvalue weighted by Gasteiger charge is 2.44. The van der Waals surface area contributed by atoms with Crippen LogP contribution in [0.15, 0.2) is 54.9 Å². The number of methoxy groups -OCH3 is 1. The number of likely N-dealkylation sites (tertiary alicyclic amines) is 2. The summed E-state index contributed by atoms with van der Waals surface area (Å²) >= 11 is 5.99. The maximum atomic E-state index is 13.7. The Bertz CT molecular complexity index is 2240. The number of carbonyl (C=O) groups excluding carboxylic acids is 4. The molecule has 14 nitrogen and oxygen atoms in total. The first-order valence-electron chi connectivity index (χ1n) is 19.9. The second kappa shape index (κ2) is 17.2. The minimum Gasteiger partial charge on any atom is -0.493 e. The molecule has 8 rings (SSSR count). The lowest BCUT2D eigenvalue weighted by molar-refractivity contribution is -0.136. The predicted octanol–water partition coefficient (Wildman–Crippen LogP) is 5.63. The van der Waals surface area contributed by atoms with Crippen molar-refractivity contribution in [3.8, 4) is 11.5 Å². The SMILES string of the molecule is COc1cc2ncnc(Nc3ccc(F)c(Cl)c3)c2cc1OCCCN1CCC(CN2CCC[C@H](Nc3ccc4c(c3)C(=O)N(C3CCC(=O)NC3=O)C4=O)C2)CC1. The number of hydrogen-bond acceptors (Lipinski definition) is 12. The summed E-state index contributed by atoms with van der Waals surface area (Å²) in [6, 6.07) is 12.5. The molecule has 58 heavy (non-hydrogen) atoms. The summed E-state index contributed by atoms with van der Waals surface area (Å²) in [5, 5.41) is 9.79. The Morgan fingerprint density at radius 3 is 2.50 bits per heavy atom. The third-order valence-electron chi connectivity index (χ3n) is 11.5. The summed E-state index contributed by atoms with van der Waals surface area (Å²) in [4.78, 5) is 65.3. The number of amides is 4. The fourth-order valence-electron chi connectivity index (χ4n) is 8.51. The van der Waals surface area contributed by atoms with Gasteiger partial charge in [-0.05, 0) is 107 Å². The first kappa shape index (κ1) is 39.4. The summed E-state index contributed by atoms with van der Waals surface area (Å²) in [7, 11) is 1.60. The second-order valence-electron chi connectivity index (χ2n) is 15.4. The molecule has 4 aliphatic heterocycles. The van der Waals surface area contributed by atoms with E-state index in [0.29, 0.717) is 41.0 Å². The Kier molecular flexibility index (Phi) is 11.7. The van der Waals surface area contributed by atoms with Crippen molar-refractivity contribution < 1.29 is 33.0 Å². The van der Waals surface area contributed by atoms with E-state index in [9.17, 15) is 23.6 Å². The number of nitrogens with one attached hydrogen (secondary N) is 3. The summed E-state index contributed by atoms with van der Waals surface area (Å²) in [6.07, 6.45) is 6.87. The fraction of sp³-hybridized carbons (Fsp3) is 0.429. The number of benzene rings is 3. The molecule has 4 aromatic rings. The van der Waals surface area contributed by atoms with Gasteiger partial charge in [0.25, 0.3) is 11.8 Å². The molecule has 1 aromatic heterocycles. The van der Waals surface area contributed by atoms with Crippen LogP contribution >= 0.6 is 11.6 Å². The highest BCUT2D eigenvalue weighted by Crippen LogP contribution is 2.36. The molecule has 2 atom stereocenters. The van der Waals surface area contributed by atoms with E-state index in [1.165, 1.54) is 18.5 Å². The van der Waals surface area contributed by atoms with E-state index < -0.39 is 35.5 Å². The van der Waals surface area contributed by atoms with E-state index in [1.54, 1.807) is 25.3 Å². The minimum atomic E-state index is -0.979. The first-order chi connectivity index (χ1) is 28.1. The lowest BCUT2D eigenvalue weighted by atomic mass is 9.94. The molecule has 0 bridgehead atoms. The number of ether oxygens (including phenoxy) is 2. The van der Waals surface area contributed by atoms with E-state index in [-0.39, 0.29) is 35.0 Å². The summed E-state index contributed by atoms with van der Waals surface area (Å²) in [5.74, 6) is -0.172. The van der Waals surface area contributed by atoms with Gasteiger partial charge in [0.2, 0.25) is 11.8 Å². The van der Waals surface area contributed by atoms with Crippen molar-refractivity contribution in [2.45, 2.75) is 57.0 Å². The van der Waals surface area contributed by atoms with Crippen LogP contribution in [-0.2, 0) is 9.59 Å². The zero-order valence-electron chi connectivity index (χ0n) is 32.3. The van der Waals surface area contributed by atoms with Crippen LogP contribution in [0.1, 0.15) is 65.7 Å². The standard InChI is InChI=1S/C42H46ClFN8O6/c1-57-36-21-34-31(39(46-24-45-34)48-27-6-8-33(44)32(43)19-27)20-37(36)58-17-3-14-50-15-11-25(12-16-50)22-51-13-2-4-28(23-51)47-26-5-7-29-30(18-26)42(56)52(41(29)55)35-9-10-38(53)49-40(35)54/h5-8,18-21,24-25,28,35,47H,2-4,9-17,22-23H2,1H3,(H,45,46,48)(H,49,53,54)/t28-,35?/m0/s1. The van der Waals surface area contributed by atoms with Gasteiger partial charge in [-0.1, -0.05) is 11.6 Å². The molecule has 3 fully saturated rings. The minimum absolute atomic E-state index is 0.0155. The Morgan fingerprint density at radius 2 is 1.71 bits per heavy atom. The molecular weight excluding hydrogens is 767 g/mol. The van der Waals surface area contributed by atoms with Crippen molar-refractivity contribution in [1.29, 1.82) is 0 Å². The van der Waals surface area contributed by atoms with Crippen molar-refractivity contribution in [1.82, 2.24) is 30.0 Å². The molecule has 304 valence electrons. The normalized spacial score (nSPS) is 20.6. The third kappa shape index (κ3) is 8.57. The van der Waals surface area contributed by atoms with Crippen molar-refractivity contribution in [2.24, 2.45) is 5.92 Å². The number of aromatic nitrogens is 2. The average Bonchev–Trinajstić information content (AvgIpc) is 3.46. The number of hydrogen-bond donors (Lipinski definition) is 3. The molecule has 0 spiro atoms. The summed E-state index contributed by atoms with van der Waals surface area (Å²) < 4.78 is 25.6. The molecule has 3 saturated heterocycles. The van der Waals surface area contributed by atoms with Crippen LogP contribution in [-0.4, -0.2) is 113 Å². The number of imide groups is 2. The number of halogens is 2. The Labute approximate surface area is 340 Å². The maximum absolute atomic E-state index is 13.7. The van der Waals surface area contributed by atoms with Gasteiger partial charge in [0.1, 0.15) is 24.0 Å². The van der Waals surface area contributed by atoms with Gasteiger partial charge in [0.15, 0.2) is 11.5 Å². The van der Waals surface area contributed by atoms with Crippen molar-refractivity contribution >= 4 is 63.3 Å². The van der Waals surface area contributed by atoms with Crippen LogP contribution in [0.25, 0.3) is 10.9 Å². The topological polar surface area (TPSA) is 158 Å². The van der Waals surface area contributed by atoms with Gasteiger partial charge in [-0.25, -0.2) is 14.4 Å². The molecule has 1 unspecified atom stereocenters. The molecule has 4 amide bonds. The monoisotopic (exact) mass is 812 g/mol. The van der Waals surface area contributed by atoms with Crippen molar-refractivity contribution in [3.05, 3.63) is 76.8 Å². The Morgan fingerprint density at radius 1 is 0.897 bits per heavy atom. The van der Waals surface area contributed by atoms with Crippen LogP contribution < -0.4 is 25.4 Å². The molecule has 3 aromatic carbocycles. The van der Waals surface area contributed by atoms with Gasteiger partial charge in [0.05, 0.1) is 35.4 Å². The van der Waals surface area contributed by atoms with Gasteiger partial charge < -0.3 is 29.9 Å². The van der Waals surface area contributed by atoms with Gasteiger partial charge >= 0.3 is 0 Å². The predicted molar refractivity (Wildman–Crippen MR) is 216 cm³/mol. The van der Waals surface area contributed by atoms with Crippen LogP contribution in [0.2, 0.25) is 5.02 Å². The van der Waals surface area contributed by atoms with Crippen molar-refractivity contribution in [3.63, 3.8) is 0 Å². The zero-order valence-corrected chi connectivity index (χ0v) is 33.0. The average molecular weight is 813 g/mol. The highest BCUT2D eigenvalue weighted by atomic mass is 35.5. The number of fused-ring (bicyclic) bond motifs is 2. The van der Waals surface area contributed by atoms with Crippen LogP contribution in [0.5, 0.6) is 11.5 Å². The molecular formula is C42H46ClFN8O6. The number of anilines is 3. The van der Waals surface area contributed by atoms with E-state index in [4.69, 9.17) is 21.1 Å². The lowest BCUT2D eigenvalue weighted by Gasteiger charge is -2.38. The van der Waals surface area contributed by atoms with Crippen LogP contribution in [0.3, 0.4) is 0 Å². The largest absolute Gasteiger partial charge is 0.493 e. The van der Waals surface area contributed by atoms with E-state index >= 15 is 0 Å².